The number of carbonyl (C=O) groups excluding carboxylic acids is 3. The highest BCUT2D eigenvalue weighted by Crippen LogP contribution is 2.68. The fourth-order valence-electron chi connectivity index (χ4n) is 6.29. The van der Waals surface area contributed by atoms with Crippen molar-refractivity contribution in [2.75, 3.05) is 13.2 Å². The minimum absolute atomic E-state index is 0.0362. The standard InChI is InChI=1S/C24H36O8/c1-7-28-16(5)30-20(26)22-9-18-10-23(12-22,21(27)31-17(6)29-8-2)14-24(11-18,13-22)32-19(25)15(3)4/h16-18H,3,7-14H2,1-2,4-6H3. The molecule has 32 heavy (non-hydrogen) atoms. The van der Waals surface area contributed by atoms with Gasteiger partial charge in [0.2, 0.25) is 0 Å². The first-order valence-electron chi connectivity index (χ1n) is 11.5. The van der Waals surface area contributed by atoms with Crippen LogP contribution in [0.15, 0.2) is 12.2 Å². The Morgan fingerprint density at radius 2 is 1.34 bits per heavy atom. The van der Waals surface area contributed by atoms with Gasteiger partial charge in [-0.1, -0.05) is 6.58 Å². The topological polar surface area (TPSA) is 97.4 Å². The third-order valence-corrected chi connectivity index (χ3v) is 6.89. The SMILES string of the molecule is C=C(C)C(=O)OC12CC3CC(C(=O)OC(C)OCC)(C1)CC(C(=O)OC(C)OCC)(C3)C2. The lowest BCUT2D eigenvalue weighted by atomic mass is 9.42. The number of esters is 3. The Morgan fingerprint density at radius 1 is 0.875 bits per heavy atom. The molecule has 4 atom stereocenters. The Hall–Kier alpha value is -1.93. The first-order valence-corrected chi connectivity index (χ1v) is 11.5. The van der Waals surface area contributed by atoms with Crippen LogP contribution in [-0.4, -0.2) is 49.3 Å². The number of ether oxygens (including phenoxy) is 5. The fraction of sp³-hybridized carbons (Fsp3) is 0.792. The molecule has 0 saturated heterocycles. The second-order valence-electron chi connectivity index (χ2n) is 9.78. The van der Waals surface area contributed by atoms with Crippen molar-refractivity contribution in [3.63, 3.8) is 0 Å². The lowest BCUT2D eigenvalue weighted by molar-refractivity contribution is -0.246. The maximum absolute atomic E-state index is 13.4. The Kier molecular flexibility index (Phi) is 7.05. The van der Waals surface area contributed by atoms with Crippen molar-refractivity contribution in [3.05, 3.63) is 12.2 Å². The number of rotatable bonds is 10. The average Bonchev–Trinajstić information content (AvgIpc) is 2.66. The van der Waals surface area contributed by atoms with Gasteiger partial charge in [0.1, 0.15) is 5.60 Å². The van der Waals surface area contributed by atoms with E-state index in [0.717, 1.165) is 0 Å². The molecule has 8 nitrogen and oxygen atoms in total. The Labute approximate surface area is 189 Å². The molecule has 4 aliphatic carbocycles. The summed E-state index contributed by atoms with van der Waals surface area (Å²) in [7, 11) is 0. The molecule has 8 heteroatoms. The van der Waals surface area contributed by atoms with Crippen molar-refractivity contribution in [3.8, 4) is 0 Å². The fourth-order valence-corrected chi connectivity index (χ4v) is 6.29. The summed E-state index contributed by atoms with van der Waals surface area (Å²) >= 11 is 0. The molecular formula is C24H36O8. The molecule has 4 fully saturated rings. The summed E-state index contributed by atoms with van der Waals surface area (Å²) in [6.07, 6.45) is 1.34. The van der Waals surface area contributed by atoms with Gasteiger partial charge in [-0.15, -0.1) is 0 Å². The van der Waals surface area contributed by atoms with Crippen LogP contribution >= 0.6 is 0 Å². The van der Waals surface area contributed by atoms with Crippen LogP contribution in [0.4, 0.5) is 0 Å². The molecule has 0 amide bonds. The first-order chi connectivity index (χ1) is 15.0. The molecule has 4 rings (SSSR count). The minimum Gasteiger partial charge on any atom is -0.456 e. The van der Waals surface area contributed by atoms with Crippen LogP contribution in [-0.2, 0) is 38.1 Å². The van der Waals surface area contributed by atoms with Gasteiger partial charge in [0.15, 0.2) is 12.6 Å². The van der Waals surface area contributed by atoms with Gasteiger partial charge in [-0.3, -0.25) is 9.59 Å². The Balaban J connectivity index is 1.94. The van der Waals surface area contributed by atoms with E-state index in [2.05, 4.69) is 6.58 Å². The monoisotopic (exact) mass is 452 g/mol. The van der Waals surface area contributed by atoms with Gasteiger partial charge in [-0.25, -0.2) is 4.79 Å². The van der Waals surface area contributed by atoms with Crippen LogP contribution in [0.3, 0.4) is 0 Å². The van der Waals surface area contributed by atoms with Crippen LogP contribution in [0.5, 0.6) is 0 Å². The second-order valence-corrected chi connectivity index (χ2v) is 9.78. The normalized spacial score (nSPS) is 34.5. The summed E-state index contributed by atoms with van der Waals surface area (Å²) in [5.74, 6) is -1.29. The lowest BCUT2D eigenvalue weighted by Gasteiger charge is -2.63. The van der Waals surface area contributed by atoms with Crippen molar-refractivity contribution < 1.29 is 38.1 Å². The van der Waals surface area contributed by atoms with Gasteiger partial charge in [-0.05, 0) is 66.2 Å². The zero-order valence-electron chi connectivity index (χ0n) is 19.9. The van der Waals surface area contributed by atoms with Crippen LogP contribution in [0.2, 0.25) is 0 Å². The molecule has 0 N–H and O–H groups in total. The predicted octanol–water partition coefficient (Wildman–Crippen LogP) is 3.67. The van der Waals surface area contributed by atoms with E-state index in [1.54, 1.807) is 20.8 Å². The maximum atomic E-state index is 13.4. The van der Waals surface area contributed by atoms with E-state index in [9.17, 15) is 14.4 Å². The number of carbonyl (C=O) groups is 3. The maximum Gasteiger partial charge on any atom is 0.333 e. The van der Waals surface area contributed by atoms with E-state index in [1.165, 1.54) is 0 Å². The molecule has 0 aromatic heterocycles. The summed E-state index contributed by atoms with van der Waals surface area (Å²) in [4.78, 5) is 39.3. The van der Waals surface area contributed by atoms with E-state index in [0.29, 0.717) is 51.7 Å². The molecule has 4 saturated carbocycles. The van der Waals surface area contributed by atoms with Crippen molar-refractivity contribution in [1.82, 2.24) is 0 Å². The van der Waals surface area contributed by atoms with Gasteiger partial charge < -0.3 is 23.7 Å². The molecular weight excluding hydrogens is 416 g/mol. The summed E-state index contributed by atoms with van der Waals surface area (Å²) in [5, 5.41) is 0. The minimum atomic E-state index is -0.937. The molecule has 4 bridgehead atoms. The van der Waals surface area contributed by atoms with E-state index in [1.807, 2.05) is 13.8 Å². The number of hydrogen-bond donors (Lipinski definition) is 0. The summed E-state index contributed by atoms with van der Waals surface area (Å²) < 4.78 is 28.0. The predicted molar refractivity (Wildman–Crippen MR) is 114 cm³/mol. The third kappa shape index (κ3) is 4.71. The van der Waals surface area contributed by atoms with E-state index in [4.69, 9.17) is 23.7 Å². The van der Waals surface area contributed by atoms with E-state index in [-0.39, 0.29) is 11.5 Å². The third-order valence-electron chi connectivity index (χ3n) is 6.89. The quantitative estimate of drug-likeness (QED) is 0.214. The highest BCUT2D eigenvalue weighted by atomic mass is 16.7. The van der Waals surface area contributed by atoms with Crippen molar-refractivity contribution in [1.29, 1.82) is 0 Å². The highest BCUT2D eigenvalue weighted by Gasteiger charge is 2.70. The first kappa shape index (κ1) is 24.7. The van der Waals surface area contributed by atoms with E-state index < -0.39 is 46.9 Å². The molecule has 0 aromatic rings. The number of hydrogen-bond acceptors (Lipinski definition) is 8. The molecule has 0 radical (unpaired) electrons. The van der Waals surface area contributed by atoms with Crippen LogP contribution in [0, 0.1) is 16.7 Å². The second kappa shape index (κ2) is 9.14. The zero-order chi connectivity index (χ0) is 23.7. The summed E-state index contributed by atoms with van der Waals surface area (Å²) in [5.41, 5.74) is -2.52. The molecule has 0 aromatic carbocycles. The van der Waals surface area contributed by atoms with Crippen LogP contribution in [0.1, 0.15) is 73.1 Å². The van der Waals surface area contributed by atoms with Gasteiger partial charge in [0, 0.05) is 31.6 Å². The molecule has 4 unspecified atom stereocenters. The van der Waals surface area contributed by atoms with Crippen LogP contribution < -0.4 is 0 Å². The molecule has 4 aliphatic rings. The zero-order valence-corrected chi connectivity index (χ0v) is 19.9. The summed E-state index contributed by atoms with van der Waals surface area (Å²) in [6.45, 7) is 13.1. The Morgan fingerprint density at radius 3 is 1.75 bits per heavy atom. The molecule has 0 heterocycles. The molecule has 0 spiro atoms. The van der Waals surface area contributed by atoms with Gasteiger partial charge in [-0.2, -0.15) is 0 Å². The lowest BCUT2D eigenvalue weighted by Crippen LogP contribution is -2.66. The molecule has 0 aliphatic heterocycles. The van der Waals surface area contributed by atoms with Gasteiger partial charge >= 0.3 is 17.9 Å². The Bertz CT molecular complexity index is 732. The van der Waals surface area contributed by atoms with Gasteiger partial charge in [0.25, 0.3) is 0 Å². The smallest absolute Gasteiger partial charge is 0.333 e. The largest absolute Gasteiger partial charge is 0.456 e. The van der Waals surface area contributed by atoms with E-state index >= 15 is 0 Å². The van der Waals surface area contributed by atoms with Crippen molar-refractivity contribution in [2.45, 2.75) is 91.3 Å². The van der Waals surface area contributed by atoms with Crippen LogP contribution in [0.25, 0.3) is 0 Å². The molecule has 180 valence electrons. The van der Waals surface area contributed by atoms with Gasteiger partial charge in [0.05, 0.1) is 10.8 Å². The average molecular weight is 453 g/mol. The van der Waals surface area contributed by atoms with Crippen molar-refractivity contribution in [2.24, 2.45) is 16.7 Å². The van der Waals surface area contributed by atoms with Crippen molar-refractivity contribution >= 4 is 17.9 Å². The highest BCUT2D eigenvalue weighted by molar-refractivity contribution is 5.88. The summed E-state index contributed by atoms with van der Waals surface area (Å²) in [6, 6.07) is 0.